The van der Waals surface area contributed by atoms with E-state index in [0.717, 1.165) is 16.6 Å². The lowest BCUT2D eigenvalue weighted by molar-refractivity contribution is -0.131. The number of aliphatic hydroxyl groups excluding tert-OH is 1. The van der Waals surface area contributed by atoms with Gasteiger partial charge < -0.3 is 15.0 Å². The van der Waals surface area contributed by atoms with Crippen molar-refractivity contribution in [2.24, 2.45) is 0 Å². The van der Waals surface area contributed by atoms with E-state index in [2.05, 4.69) is 4.98 Å². The highest BCUT2D eigenvalue weighted by Gasteiger charge is 2.16. The number of halogens is 1. The van der Waals surface area contributed by atoms with E-state index in [9.17, 15) is 14.3 Å². The molecule has 3 rings (SSSR count). The maximum absolute atomic E-state index is 13.5. The van der Waals surface area contributed by atoms with E-state index in [1.54, 1.807) is 17.2 Å². The molecule has 0 bridgehead atoms. The standard InChI is InChI=1S/C19H19FN2O2/c20-16-6-7-18-17(11-16)15(12-21-18)10-19(24)22(8-9-23)13-14-4-2-1-3-5-14/h1-7,11-12,21,23H,8-10,13H2. The summed E-state index contributed by atoms with van der Waals surface area (Å²) < 4.78 is 13.5. The summed E-state index contributed by atoms with van der Waals surface area (Å²) in [4.78, 5) is 17.3. The first-order valence-corrected chi connectivity index (χ1v) is 7.85. The summed E-state index contributed by atoms with van der Waals surface area (Å²) in [5.41, 5.74) is 2.56. The second-order valence-electron chi connectivity index (χ2n) is 5.71. The predicted octanol–water partition coefficient (Wildman–Crippen LogP) is 2.87. The number of carbonyl (C=O) groups excluding carboxylic acids is 1. The third-order valence-electron chi connectivity index (χ3n) is 4.01. The van der Waals surface area contributed by atoms with Gasteiger partial charge in [-0.15, -0.1) is 0 Å². The second kappa shape index (κ2) is 7.27. The molecule has 2 N–H and O–H groups in total. The Morgan fingerprint density at radius 1 is 1.17 bits per heavy atom. The van der Waals surface area contributed by atoms with Crippen LogP contribution in [0.3, 0.4) is 0 Å². The molecule has 0 aliphatic heterocycles. The average molecular weight is 326 g/mol. The zero-order valence-corrected chi connectivity index (χ0v) is 13.2. The van der Waals surface area contributed by atoms with Crippen LogP contribution in [0.4, 0.5) is 4.39 Å². The highest BCUT2D eigenvalue weighted by atomic mass is 19.1. The molecule has 1 heterocycles. The number of amides is 1. The highest BCUT2D eigenvalue weighted by Crippen LogP contribution is 2.20. The van der Waals surface area contributed by atoms with Crippen LogP contribution >= 0.6 is 0 Å². The van der Waals surface area contributed by atoms with Crippen LogP contribution in [0, 0.1) is 5.82 Å². The molecular weight excluding hydrogens is 307 g/mol. The van der Waals surface area contributed by atoms with Gasteiger partial charge in [0.2, 0.25) is 5.91 Å². The van der Waals surface area contributed by atoms with Crippen molar-refractivity contribution in [3.05, 3.63) is 71.7 Å². The maximum Gasteiger partial charge on any atom is 0.227 e. The molecule has 5 heteroatoms. The van der Waals surface area contributed by atoms with Crippen LogP contribution in [0.5, 0.6) is 0 Å². The number of H-pyrrole nitrogens is 1. The molecule has 0 saturated heterocycles. The largest absolute Gasteiger partial charge is 0.395 e. The van der Waals surface area contributed by atoms with E-state index in [1.807, 2.05) is 30.3 Å². The first-order valence-electron chi connectivity index (χ1n) is 7.85. The Morgan fingerprint density at radius 2 is 1.96 bits per heavy atom. The molecule has 0 saturated carbocycles. The Kier molecular flexibility index (Phi) is 4.91. The minimum Gasteiger partial charge on any atom is -0.395 e. The molecule has 0 aliphatic rings. The van der Waals surface area contributed by atoms with Gasteiger partial charge >= 0.3 is 0 Å². The molecule has 124 valence electrons. The topological polar surface area (TPSA) is 56.3 Å². The van der Waals surface area contributed by atoms with Crippen LogP contribution in [0.2, 0.25) is 0 Å². The Hall–Kier alpha value is -2.66. The van der Waals surface area contributed by atoms with Crippen molar-refractivity contribution in [3.8, 4) is 0 Å². The fourth-order valence-electron chi connectivity index (χ4n) is 2.79. The molecule has 0 unspecified atom stereocenters. The minimum atomic E-state index is -0.327. The first-order chi connectivity index (χ1) is 11.7. The summed E-state index contributed by atoms with van der Waals surface area (Å²) in [7, 11) is 0. The van der Waals surface area contributed by atoms with Gasteiger partial charge in [-0.1, -0.05) is 30.3 Å². The Morgan fingerprint density at radius 3 is 2.71 bits per heavy atom. The van der Waals surface area contributed by atoms with Crippen LogP contribution < -0.4 is 0 Å². The smallest absolute Gasteiger partial charge is 0.227 e. The zero-order chi connectivity index (χ0) is 16.9. The number of hydrogen-bond acceptors (Lipinski definition) is 2. The van der Waals surface area contributed by atoms with Gasteiger partial charge in [0.05, 0.1) is 13.0 Å². The van der Waals surface area contributed by atoms with Crippen molar-refractivity contribution < 1.29 is 14.3 Å². The predicted molar refractivity (Wildman–Crippen MR) is 90.9 cm³/mol. The molecule has 0 aliphatic carbocycles. The number of aromatic amines is 1. The molecule has 24 heavy (non-hydrogen) atoms. The third kappa shape index (κ3) is 3.63. The highest BCUT2D eigenvalue weighted by molar-refractivity contribution is 5.89. The van der Waals surface area contributed by atoms with E-state index in [0.29, 0.717) is 11.9 Å². The van der Waals surface area contributed by atoms with Gasteiger partial charge in [0.1, 0.15) is 5.82 Å². The Labute approximate surface area is 139 Å². The Balaban J connectivity index is 1.78. The number of fused-ring (bicyclic) bond motifs is 1. The molecule has 2 aromatic carbocycles. The van der Waals surface area contributed by atoms with E-state index < -0.39 is 0 Å². The van der Waals surface area contributed by atoms with Crippen molar-refractivity contribution in [2.75, 3.05) is 13.2 Å². The third-order valence-corrected chi connectivity index (χ3v) is 4.01. The molecule has 3 aromatic rings. The van der Waals surface area contributed by atoms with E-state index in [-0.39, 0.29) is 31.3 Å². The molecule has 4 nitrogen and oxygen atoms in total. The summed E-state index contributed by atoms with van der Waals surface area (Å²) in [6, 6.07) is 14.1. The van der Waals surface area contributed by atoms with Crippen LogP contribution in [0.1, 0.15) is 11.1 Å². The summed E-state index contributed by atoms with van der Waals surface area (Å²) in [6.45, 7) is 0.614. The molecular formula is C19H19FN2O2. The van der Waals surface area contributed by atoms with Crippen molar-refractivity contribution in [3.63, 3.8) is 0 Å². The molecule has 0 spiro atoms. The van der Waals surface area contributed by atoms with Crippen molar-refractivity contribution in [2.45, 2.75) is 13.0 Å². The minimum absolute atomic E-state index is 0.0961. The SMILES string of the molecule is O=C(Cc1c[nH]c2ccc(F)cc12)N(CCO)Cc1ccccc1. The van der Waals surface area contributed by atoms with Crippen molar-refractivity contribution in [1.29, 1.82) is 0 Å². The van der Waals surface area contributed by atoms with Gasteiger partial charge in [0, 0.05) is 30.2 Å². The normalized spacial score (nSPS) is 10.9. The number of benzene rings is 2. The fourth-order valence-corrected chi connectivity index (χ4v) is 2.79. The molecule has 1 amide bonds. The van der Waals surface area contributed by atoms with Crippen LogP contribution in [0.25, 0.3) is 10.9 Å². The Bertz CT molecular complexity index is 830. The van der Waals surface area contributed by atoms with Gasteiger partial charge in [-0.05, 0) is 29.3 Å². The van der Waals surface area contributed by atoms with Gasteiger partial charge in [-0.3, -0.25) is 4.79 Å². The van der Waals surface area contributed by atoms with Crippen molar-refractivity contribution in [1.82, 2.24) is 9.88 Å². The number of nitrogens with zero attached hydrogens (tertiary/aromatic N) is 1. The summed E-state index contributed by atoms with van der Waals surface area (Å²) in [5, 5.41) is 9.96. The maximum atomic E-state index is 13.5. The number of aliphatic hydroxyl groups is 1. The lowest BCUT2D eigenvalue weighted by Crippen LogP contribution is -2.34. The number of carbonyl (C=O) groups is 1. The molecule has 1 aromatic heterocycles. The molecule has 0 fully saturated rings. The van der Waals surface area contributed by atoms with Crippen LogP contribution in [-0.4, -0.2) is 34.0 Å². The first kappa shape index (κ1) is 16.2. The van der Waals surface area contributed by atoms with Crippen LogP contribution in [-0.2, 0) is 17.8 Å². The van der Waals surface area contributed by atoms with E-state index in [1.165, 1.54) is 12.1 Å². The molecule has 0 radical (unpaired) electrons. The summed E-state index contributed by atoms with van der Waals surface area (Å²) in [5.74, 6) is -0.426. The lowest BCUT2D eigenvalue weighted by Gasteiger charge is -2.22. The number of nitrogens with one attached hydrogen (secondary N) is 1. The molecule has 0 atom stereocenters. The van der Waals surface area contributed by atoms with Gasteiger partial charge in [0.15, 0.2) is 0 Å². The van der Waals surface area contributed by atoms with Gasteiger partial charge in [-0.25, -0.2) is 4.39 Å². The van der Waals surface area contributed by atoms with E-state index in [4.69, 9.17) is 0 Å². The monoisotopic (exact) mass is 326 g/mol. The quantitative estimate of drug-likeness (QED) is 0.732. The van der Waals surface area contributed by atoms with Gasteiger partial charge in [0.25, 0.3) is 0 Å². The fraction of sp³-hybridized carbons (Fsp3) is 0.211. The number of hydrogen-bond donors (Lipinski definition) is 2. The van der Waals surface area contributed by atoms with Crippen LogP contribution in [0.15, 0.2) is 54.7 Å². The van der Waals surface area contributed by atoms with E-state index >= 15 is 0 Å². The van der Waals surface area contributed by atoms with Gasteiger partial charge in [-0.2, -0.15) is 0 Å². The van der Waals surface area contributed by atoms with Crippen molar-refractivity contribution >= 4 is 16.8 Å². The lowest BCUT2D eigenvalue weighted by atomic mass is 10.1. The number of aromatic nitrogens is 1. The summed E-state index contributed by atoms with van der Waals surface area (Å²) in [6.07, 6.45) is 1.90. The zero-order valence-electron chi connectivity index (χ0n) is 13.2. The number of rotatable bonds is 6. The summed E-state index contributed by atoms with van der Waals surface area (Å²) >= 11 is 0. The average Bonchev–Trinajstić information content (AvgIpc) is 2.97. The second-order valence-corrected chi connectivity index (χ2v) is 5.71.